The second-order valence-electron chi connectivity index (χ2n) is 5.68. The summed E-state index contributed by atoms with van der Waals surface area (Å²) in [5.41, 5.74) is 3.38. The monoisotopic (exact) mass is 355 g/mol. The van der Waals surface area contributed by atoms with Crippen molar-refractivity contribution in [1.29, 1.82) is 0 Å². The van der Waals surface area contributed by atoms with Gasteiger partial charge in [-0.2, -0.15) is 0 Å². The first-order valence-electron chi connectivity index (χ1n) is 7.93. The maximum atomic E-state index is 10.8. The molecule has 0 spiro atoms. The van der Waals surface area contributed by atoms with Crippen molar-refractivity contribution in [2.45, 2.75) is 0 Å². The number of anilines is 1. The number of allylic oxidation sites excluding steroid dienone is 1. The number of hydrogen-bond acceptors (Lipinski definition) is 5. The molecule has 0 atom stereocenters. The highest BCUT2D eigenvalue weighted by molar-refractivity contribution is 5.86. The van der Waals surface area contributed by atoms with Crippen LogP contribution in [0, 0.1) is 0 Å². The van der Waals surface area contributed by atoms with E-state index < -0.39 is 12.6 Å². The number of aldehydes is 1. The summed E-state index contributed by atoms with van der Waals surface area (Å²) in [6, 6.07) is 11.2. The van der Waals surface area contributed by atoms with Gasteiger partial charge in [0, 0.05) is 25.3 Å². The van der Waals surface area contributed by atoms with E-state index in [4.69, 9.17) is 14.6 Å². The molecule has 2 aromatic rings. The van der Waals surface area contributed by atoms with Crippen molar-refractivity contribution in [3.63, 3.8) is 0 Å². The van der Waals surface area contributed by atoms with Gasteiger partial charge in [-0.05, 0) is 35.4 Å². The molecule has 0 aliphatic carbocycles. The van der Waals surface area contributed by atoms with Crippen molar-refractivity contribution in [2.75, 3.05) is 32.7 Å². The fourth-order valence-electron chi connectivity index (χ4n) is 2.54. The van der Waals surface area contributed by atoms with Crippen LogP contribution in [0.4, 0.5) is 5.69 Å². The van der Waals surface area contributed by atoms with Crippen LogP contribution >= 0.6 is 0 Å². The first-order valence-corrected chi connectivity index (χ1v) is 7.93. The van der Waals surface area contributed by atoms with E-state index in [0.29, 0.717) is 17.8 Å². The molecular formula is C20H21NO5. The normalized spacial score (nSPS) is 10.6. The van der Waals surface area contributed by atoms with Crippen molar-refractivity contribution in [2.24, 2.45) is 0 Å². The molecule has 0 heterocycles. The first-order chi connectivity index (χ1) is 12.5. The topological polar surface area (TPSA) is 76.1 Å². The van der Waals surface area contributed by atoms with Gasteiger partial charge in [0.1, 0.15) is 6.29 Å². The van der Waals surface area contributed by atoms with Crippen molar-refractivity contribution >= 4 is 24.0 Å². The van der Waals surface area contributed by atoms with Gasteiger partial charge in [-0.25, -0.2) is 4.79 Å². The van der Waals surface area contributed by atoms with E-state index >= 15 is 0 Å². The third kappa shape index (κ3) is 4.42. The standard InChI is InChI=1S/C20H21NO5/c1-21(2)16-9-6-15(7-10-16)19-14(5-4-12-22)8-11-17(20(19)25-3)26-13-18(23)24/h4-12H,13H2,1-3H3,(H,23,24). The second kappa shape index (κ2) is 8.71. The van der Waals surface area contributed by atoms with E-state index in [2.05, 4.69) is 0 Å². The van der Waals surface area contributed by atoms with Crippen molar-refractivity contribution in [1.82, 2.24) is 0 Å². The lowest BCUT2D eigenvalue weighted by atomic mass is 9.97. The Kier molecular flexibility index (Phi) is 6.38. The summed E-state index contributed by atoms with van der Waals surface area (Å²) in [7, 11) is 5.40. The molecule has 6 nitrogen and oxygen atoms in total. The van der Waals surface area contributed by atoms with E-state index in [0.717, 1.165) is 22.4 Å². The van der Waals surface area contributed by atoms with E-state index in [9.17, 15) is 9.59 Å². The minimum absolute atomic E-state index is 0.324. The van der Waals surface area contributed by atoms with Crippen LogP contribution in [0.5, 0.6) is 11.5 Å². The van der Waals surface area contributed by atoms with E-state index in [-0.39, 0.29) is 0 Å². The Bertz CT molecular complexity index is 810. The largest absolute Gasteiger partial charge is 0.492 e. The van der Waals surface area contributed by atoms with E-state index in [1.165, 1.54) is 13.2 Å². The molecule has 0 aliphatic heterocycles. The molecule has 6 heteroatoms. The third-order valence-corrected chi connectivity index (χ3v) is 3.74. The number of benzene rings is 2. The lowest BCUT2D eigenvalue weighted by Crippen LogP contribution is -2.10. The van der Waals surface area contributed by atoms with Crippen LogP contribution in [-0.2, 0) is 9.59 Å². The molecule has 0 fully saturated rings. The van der Waals surface area contributed by atoms with Crippen molar-refractivity contribution in [3.8, 4) is 22.6 Å². The summed E-state index contributed by atoms with van der Waals surface area (Å²) in [6.07, 6.45) is 3.76. The van der Waals surface area contributed by atoms with Crippen LogP contribution < -0.4 is 14.4 Å². The number of rotatable bonds is 8. The van der Waals surface area contributed by atoms with Crippen LogP contribution in [0.3, 0.4) is 0 Å². The number of carbonyl (C=O) groups is 2. The Balaban J connectivity index is 2.60. The Morgan fingerprint density at radius 2 is 1.85 bits per heavy atom. The van der Waals surface area contributed by atoms with Gasteiger partial charge in [-0.3, -0.25) is 4.79 Å². The average Bonchev–Trinajstić information content (AvgIpc) is 2.64. The minimum atomic E-state index is -1.08. The maximum Gasteiger partial charge on any atom is 0.341 e. The molecular weight excluding hydrogens is 334 g/mol. The average molecular weight is 355 g/mol. The van der Waals surface area contributed by atoms with Gasteiger partial charge in [-0.15, -0.1) is 0 Å². The molecule has 26 heavy (non-hydrogen) atoms. The number of aliphatic carboxylic acids is 1. The molecule has 0 saturated heterocycles. The summed E-state index contributed by atoms with van der Waals surface area (Å²) in [4.78, 5) is 23.5. The minimum Gasteiger partial charge on any atom is -0.492 e. The molecule has 136 valence electrons. The Labute approximate surface area is 152 Å². The van der Waals surface area contributed by atoms with E-state index in [1.54, 1.807) is 18.2 Å². The molecule has 0 aliphatic rings. The second-order valence-corrected chi connectivity index (χ2v) is 5.68. The van der Waals surface area contributed by atoms with E-state index in [1.807, 2.05) is 43.3 Å². The number of hydrogen-bond donors (Lipinski definition) is 1. The first kappa shape index (κ1) is 19.1. The summed E-state index contributed by atoms with van der Waals surface area (Å²) in [5.74, 6) is -0.337. The number of carboxylic acid groups (broad SMARTS) is 1. The van der Waals surface area contributed by atoms with Crippen LogP contribution in [0.2, 0.25) is 0 Å². The molecule has 2 rings (SSSR count). The molecule has 0 unspecified atom stereocenters. The number of methoxy groups -OCH3 is 1. The van der Waals surface area contributed by atoms with Crippen LogP contribution in [-0.4, -0.2) is 45.2 Å². The van der Waals surface area contributed by atoms with Gasteiger partial charge in [0.25, 0.3) is 0 Å². The molecule has 1 N–H and O–H groups in total. The number of ether oxygens (including phenoxy) is 2. The zero-order chi connectivity index (χ0) is 19.1. The predicted molar refractivity (Wildman–Crippen MR) is 101 cm³/mol. The molecule has 0 aromatic heterocycles. The van der Waals surface area contributed by atoms with Gasteiger partial charge >= 0.3 is 5.97 Å². The molecule has 0 bridgehead atoms. The number of nitrogens with zero attached hydrogens (tertiary/aromatic N) is 1. The van der Waals surface area contributed by atoms with Gasteiger partial charge < -0.3 is 19.5 Å². The Hall–Kier alpha value is -3.28. The summed E-state index contributed by atoms with van der Waals surface area (Å²) < 4.78 is 10.9. The van der Waals surface area contributed by atoms with Crippen LogP contribution in [0.1, 0.15) is 5.56 Å². The number of carboxylic acids is 1. The van der Waals surface area contributed by atoms with Crippen LogP contribution in [0.15, 0.2) is 42.5 Å². The molecule has 0 saturated carbocycles. The molecule has 0 radical (unpaired) electrons. The quantitative estimate of drug-likeness (QED) is 0.579. The highest BCUT2D eigenvalue weighted by Crippen LogP contribution is 2.41. The van der Waals surface area contributed by atoms with Gasteiger partial charge in [-0.1, -0.05) is 24.3 Å². The predicted octanol–water partition coefficient (Wildman–Crippen LogP) is 3.10. The zero-order valence-electron chi connectivity index (χ0n) is 14.9. The highest BCUT2D eigenvalue weighted by atomic mass is 16.5. The lowest BCUT2D eigenvalue weighted by Gasteiger charge is -2.18. The zero-order valence-corrected chi connectivity index (χ0v) is 14.9. The Morgan fingerprint density at radius 3 is 2.38 bits per heavy atom. The lowest BCUT2D eigenvalue weighted by molar-refractivity contribution is -0.139. The highest BCUT2D eigenvalue weighted by Gasteiger charge is 2.17. The maximum absolute atomic E-state index is 10.8. The van der Waals surface area contributed by atoms with Gasteiger partial charge in [0.15, 0.2) is 18.1 Å². The fourth-order valence-corrected chi connectivity index (χ4v) is 2.54. The fraction of sp³-hybridized carbons (Fsp3) is 0.200. The van der Waals surface area contributed by atoms with Gasteiger partial charge in [0.05, 0.1) is 7.11 Å². The van der Waals surface area contributed by atoms with Gasteiger partial charge in [0.2, 0.25) is 0 Å². The van der Waals surface area contributed by atoms with Crippen molar-refractivity contribution < 1.29 is 24.2 Å². The SMILES string of the molecule is COc1c(OCC(=O)O)ccc(C=CC=O)c1-c1ccc(N(C)C)cc1. The van der Waals surface area contributed by atoms with Crippen molar-refractivity contribution in [3.05, 3.63) is 48.0 Å². The molecule has 2 aromatic carbocycles. The summed E-state index contributed by atoms with van der Waals surface area (Å²) in [6.45, 7) is -0.473. The smallest absolute Gasteiger partial charge is 0.341 e. The van der Waals surface area contributed by atoms with Crippen LogP contribution in [0.25, 0.3) is 17.2 Å². The Morgan fingerprint density at radius 1 is 1.15 bits per heavy atom. The third-order valence-electron chi connectivity index (χ3n) is 3.74. The number of carbonyl (C=O) groups excluding carboxylic acids is 1. The summed E-state index contributed by atoms with van der Waals surface area (Å²) >= 11 is 0. The molecule has 0 amide bonds. The summed E-state index contributed by atoms with van der Waals surface area (Å²) in [5, 5.41) is 8.86.